The third-order valence-corrected chi connectivity index (χ3v) is 2.92. The predicted molar refractivity (Wildman–Crippen MR) is 62.8 cm³/mol. The van der Waals surface area contributed by atoms with Gasteiger partial charge in [-0.2, -0.15) is 0 Å². The smallest absolute Gasteiger partial charge is 0.320 e. The van der Waals surface area contributed by atoms with E-state index < -0.39 is 17.9 Å². The second-order valence-corrected chi connectivity index (χ2v) is 4.16. The summed E-state index contributed by atoms with van der Waals surface area (Å²) in [6.45, 7) is 3.29. The maximum absolute atomic E-state index is 11.6. The molecular formula is C10H18N4O4. The van der Waals surface area contributed by atoms with Crippen molar-refractivity contribution in [1.82, 2.24) is 15.1 Å². The minimum Gasteiger partial charge on any atom is -0.480 e. The van der Waals surface area contributed by atoms with E-state index in [2.05, 4.69) is 5.32 Å². The van der Waals surface area contributed by atoms with Crippen LogP contribution in [0.2, 0.25) is 0 Å². The highest BCUT2D eigenvalue weighted by atomic mass is 16.4. The highest BCUT2D eigenvalue weighted by Gasteiger charge is 2.26. The molecule has 1 atom stereocenters. The molecule has 0 radical (unpaired) electrons. The molecule has 0 aromatic heterocycles. The molecule has 8 heteroatoms. The number of carboxylic acid groups (broad SMARTS) is 1. The number of rotatable bonds is 4. The number of nitrogens with two attached hydrogens (primary N) is 1. The normalized spacial score (nSPS) is 18.2. The van der Waals surface area contributed by atoms with Crippen molar-refractivity contribution in [2.45, 2.75) is 13.0 Å². The molecular weight excluding hydrogens is 240 g/mol. The lowest BCUT2D eigenvalue weighted by Crippen LogP contribution is -2.55. The van der Waals surface area contributed by atoms with Crippen molar-refractivity contribution in [2.75, 3.05) is 32.7 Å². The van der Waals surface area contributed by atoms with Crippen molar-refractivity contribution in [3.05, 3.63) is 0 Å². The monoisotopic (exact) mass is 258 g/mol. The van der Waals surface area contributed by atoms with Crippen LogP contribution in [-0.2, 0) is 9.59 Å². The highest BCUT2D eigenvalue weighted by molar-refractivity contribution is 5.82. The Morgan fingerprint density at radius 1 is 1.28 bits per heavy atom. The van der Waals surface area contributed by atoms with Gasteiger partial charge in [-0.1, -0.05) is 0 Å². The zero-order chi connectivity index (χ0) is 13.7. The number of carbonyl (C=O) groups is 3. The third-order valence-electron chi connectivity index (χ3n) is 2.92. The van der Waals surface area contributed by atoms with E-state index in [9.17, 15) is 14.4 Å². The van der Waals surface area contributed by atoms with Crippen LogP contribution in [0.25, 0.3) is 0 Å². The van der Waals surface area contributed by atoms with Crippen molar-refractivity contribution in [1.29, 1.82) is 0 Å². The van der Waals surface area contributed by atoms with Gasteiger partial charge in [-0.3, -0.25) is 14.5 Å². The lowest BCUT2D eigenvalue weighted by molar-refractivity contribution is -0.143. The summed E-state index contributed by atoms with van der Waals surface area (Å²) in [5.74, 6) is -1.47. The van der Waals surface area contributed by atoms with E-state index in [0.717, 1.165) is 0 Å². The molecule has 1 rings (SSSR count). The molecule has 0 spiro atoms. The molecule has 0 bridgehead atoms. The molecule has 0 aromatic carbocycles. The Morgan fingerprint density at radius 2 is 1.83 bits per heavy atom. The third kappa shape index (κ3) is 3.88. The van der Waals surface area contributed by atoms with Crippen LogP contribution in [0.15, 0.2) is 0 Å². The Morgan fingerprint density at radius 3 is 2.28 bits per heavy atom. The number of aliphatic carboxylic acids is 1. The van der Waals surface area contributed by atoms with Crippen LogP contribution in [0.5, 0.6) is 0 Å². The average Bonchev–Trinajstić information content (AvgIpc) is 2.35. The topological polar surface area (TPSA) is 116 Å². The first-order valence-corrected chi connectivity index (χ1v) is 5.69. The van der Waals surface area contributed by atoms with Crippen molar-refractivity contribution in [3.8, 4) is 0 Å². The molecule has 1 unspecified atom stereocenters. The molecule has 1 fully saturated rings. The van der Waals surface area contributed by atoms with E-state index >= 15 is 0 Å². The quantitative estimate of drug-likeness (QED) is 0.554. The highest BCUT2D eigenvalue weighted by Crippen LogP contribution is 2.06. The molecule has 0 aromatic rings. The van der Waals surface area contributed by atoms with Crippen LogP contribution in [-0.4, -0.2) is 71.6 Å². The summed E-state index contributed by atoms with van der Waals surface area (Å²) in [5.41, 5.74) is 4.92. The molecule has 1 aliphatic rings. The van der Waals surface area contributed by atoms with Gasteiger partial charge in [-0.15, -0.1) is 0 Å². The van der Waals surface area contributed by atoms with Crippen molar-refractivity contribution < 1.29 is 19.5 Å². The summed E-state index contributed by atoms with van der Waals surface area (Å²) in [6, 6.07) is -0.905. The van der Waals surface area contributed by atoms with Gasteiger partial charge < -0.3 is 21.1 Å². The van der Waals surface area contributed by atoms with Gasteiger partial charge >= 0.3 is 12.0 Å². The molecule has 0 aliphatic carbocycles. The van der Waals surface area contributed by atoms with Gasteiger partial charge in [0.05, 0.1) is 6.54 Å². The molecule has 1 aliphatic heterocycles. The van der Waals surface area contributed by atoms with Gasteiger partial charge in [0.15, 0.2) is 0 Å². The largest absolute Gasteiger partial charge is 0.480 e. The number of carboxylic acids is 1. The lowest BCUT2D eigenvalue weighted by Gasteiger charge is -2.36. The standard InChI is InChI=1S/C10H18N4O4/c1-7(9(16)17)13-2-4-14(5-3-13)10(18)12-6-8(11)15/h7H,2-6H2,1H3,(H2,11,15)(H,12,18)(H,16,17). The lowest BCUT2D eigenvalue weighted by atomic mass is 10.2. The van der Waals surface area contributed by atoms with Crippen molar-refractivity contribution >= 4 is 17.9 Å². The van der Waals surface area contributed by atoms with Gasteiger partial charge in [-0.25, -0.2) is 4.79 Å². The number of primary amides is 1. The summed E-state index contributed by atoms with van der Waals surface area (Å²) in [6.07, 6.45) is 0. The number of hydrogen-bond donors (Lipinski definition) is 3. The number of nitrogens with one attached hydrogen (secondary N) is 1. The van der Waals surface area contributed by atoms with Crippen LogP contribution >= 0.6 is 0 Å². The Hall–Kier alpha value is -1.83. The molecule has 4 N–H and O–H groups in total. The Bertz CT molecular complexity index is 339. The first-order chi connectivity index (χ1) is 8.41. The first-order valence-electron chi connectivity index (χ1n) is 5.69. The molecule has 3 amide bonds. The molecule has 8 nitrogen and oxygen atoms in total. The van der Waals surface area contributed by atoms with E-state index in [4.69, 9.17) is 10.8 Å². The zero-order valence-corrected chi connectivity index (χ0v) is 10.3. The van der Waals surface area contributed by atoms with E-state index in [1.54, 1.807) is 11.8 Å². The number of amides is 3. The number of hydrogen-bond acceptors (Lipinski definition) is 4. The Balaban J connectivity index is 2.37. The molecule has 1 heterocycles. The summed E-state index contributed by atoms with van der Waals surface area (Å²) >= 11 is 0. The van der Waals surface area contributed by atoms with Crippen LogP contribution in [0, 0.1) is 0 Å². The SMILES string of the molecule is CC(C(=O)O)N1CCN(C(=O)NCC(N)=O)CC1. The first kappa shape index (κ1) is 14.2. The average molecular weight is 258 g/mol. The van der Waals surface area contributed by atoms with Crippen LogP contribution in [0.4, 0.5) is 4.79 Å². The number of nitrogens with zero attached hydrogens (tertiary/aromatic N) is 2. The van der Waals surface area contributed by atoms with Crippen LogP contribution in [0.1, 0.15) is 6.92 Å². The number of urea groups is 1. The maximum atomic E-state index is 11.6. The minimum absolute atomic E-state index is 0.190. The Kier molecular flexibility index (Phi) is 4.90. The fourth-order valence-corrected chi connectivity index (χ4v) is 1.74. The van der Waals surface area contributed by atoms with Gasteiger partial charge in [0, 0.05) is 26.2 Å². The van der Waals surface area contributed by atoms with Gasteiger partial charge in [0.2, 0.25) is 5.91 Å². The number of piperazine rings is 1. The molecule has 1 saturated heterocycles. The second kappa shape index (κ2) is 6.20. The van der Waals surface area contributed by atoms with Gasteiger partial charge in [0.25, 0.3) is 0 Å². The van der Waals surface area contributed by atoms with E-state index in [0.29, 0.717) is 26.2 Å². The molecule has 18 heavy (non-hydrogen) atoms. The van der Waals surface area contributed by atoms with E-state index in [1.165, 1.54) is 4.90 Å². The second-order valence-electron chi connectivity index (χ2n) is 4.16. The molecule has 102 valence electrons. The number of carbonyl (C=O) groups excluding carboxylic acids is 2. The van der Waals surface area contributed by atoms with E-state index in [1.807, 2.05) is 0 Å². The zero-order valence-electron chi connectivity index (χ0n) is 10.3. The molecule has 0 saturated carbocycles. The van der Waals surface area contributed by atoms with Gasteiger partial charge in [0.1, 0.15) is 6.04 Å². The van der Waals surface area contributed by atoms with Crippen molar-refractivity contribution in [2.24, 2.45) is 5.73 Å². The minimum atomic E-state index is -0.873. The van der Waals surface area contributed by atoms with Crippen molar-refractivity contribution in [3.63, 3.8) is 0 Å². The summed E-state index contributed by atoms with van der Waals surface area (Å²) in [7, 11) is 0. The Labute approximate surface area is 105 Å². The van der Waals surface area contributed by atoms with E-state index in [-0.39, 0.29) is 12.6 Å². The van der Waals surface area contributed by atoms with Crippen LogP contribution in [0.3, 0.4) is 0 Å². The summed E-state index contributed by atoms with van der Waals surface area (Å²) in [4.78, 5) is 36.2. The fourth-order valence-electron chi connectivity index (χ4n) is 1.74. The van der Waals surface area contributed by atoms with Gasteiger partial charge in [-0.05, 0) is 6.92 Å². The fraction of sp³-hybridized carbons (Fsp3) is 0.700. The van der Waals surface area contributed by atoms with Crippen LogP contribution < -0.4 is 11.1 Å². The maximum Gasteiger partial charge on any atom is 0.320 e. The predicted octanol–water partition coefficient (Wildman–Crippen LogP) is -1.73. The summed E-state index contributed by atoms with van der Waals surface area (Å²) in [5, 5.41) is 11.3. The summed E-state index contributed by atoms with van der Waals surface area (Å²) < 4.78 is 0.